The van der Waals surface area contributed by atoms with Crippen LogP contribution in [0.15, 0.2) is 23.1 Å². The summed E-state index contributed by atoms with van der Waals surface area (Å²) in [6.07, 6.45) is 2.21. The fraction of sp³-hybridized carbons (Fsp3) is 0.429. The lowest BCUT2D eigenvalue weighted by atomic mass is 10.1. The lowest BCUT2D eigenvalue weighted by molar-refractivity contribution is -0.127. The summed E-state index contributed by atoms with van der Waals surface area (Å²) < 4.78 is 0. The quantitative estimate of drug-likeness (QED) is 0.632. The number of nitrogens with zero attached hydrogens (tertiary/aromatic N) is 1. The molecule has 0 saturated carbocycles. The van der Waals surface area contributed by atoms with Crippen molar-refractivity contribution in [2.75, 3.05) is 18.8 Å². The van der Waals surface area contributed by atoms with Crippen LogP contribution in [0.3, 0.4) is 0 Å². The minimum absolute atomic E-state index is 0.0466. The van der Waals surface area contributed by atoms with Crippen molar-refractivity contribution in [1.29, 1.82) is 0 Å². The molecule has 1 saturated heterocycles. The zero-order valence-electron chi connectivity index (χ0n) is 10.8. The maximum absolute atomic E-state index is 11.9. The Labute approximate surface area is 122 Å². The van der Waals surface area contributed by atoms with E-state index >= 15 is 0 Å². The van der Waals surface area contributed by atoms with E-state index in [9.17, 15) is 9.59 Å². The molecule has 1 heterocycles. The van der Waals surface area contributed by atoms with Gasteiger partial charge in [-0.15, -0.1) is 11.8 Å². The molecular formula is C14H16ClNO2S. The van der Waals surface area contributed by atoms with Gasteiger partial charge in [-0.3, -0.25) is 9.59 Å². The van der Waals surface area contributed by atoms with Crippen molar-refractivity contribution in [3.8, 4) is 0 Å². The fourth-order valence-electron chi connectivity index (χ4n) is 2.07. The van der Waals surface area contributed by atoms with Crippen LogP contribution in [0.25, 0.3) is 0 Å². The van der Waals surface area contributed by atoms with Crippen molar-refractivity contribution in [1.82, 2.24) is 4.90 Å². The standard InChI is InChI=1S/C14H16ClNO2S/c1-10(17)12-5-4-11(8-13(12)15)19-9-14(18)16-6-2-3-7-16/h4-5,8H,2-3,6-7,9H2,1H3. The fourth-order valence-corrected chi connectivity index (χ4v) is 3.29. The number of carbonyl (C=O) groups is 2. The predicted molar refractivity (Wildman–Crippen MR) is 78.0 cm³/mol. The second kappa shape index (κ2) is 6.44. The predicted octanol–water partition coefficient (Wildman–Crippen LogP) is 3.26. The third-order valence-corrected chi connectivity index (χ3v) is 4.43. The minimum atomic E-state index is -0.0466. The molecule has 0 aromatic heterocycles. The second-order valence-corrected chi connectivity index (χ2v) is 6.03. The first-order chi connectivity index (χ1) is 9.08. The van der Waals surface area contributed by atoms with Gasteiger partial charge in [-0.2, -0.15) is 0 Å². The number of hydrogen-bond acceptors (Lipinski definition) is 3. The van der Waals surface area contributed by atoms with Crippen molar-refractivity contribution in [2.24, 2.45) is 0 Å². The highest BCUT2D eigenvalue weighted by Crippen LogP contribution is 2.26. The number of carbonyl (C=O) groups excluding carboxylic acids is 2. The van der Waals surface area contributed by atoms with Gasteiger partial charge in [-0.25, -0.2) is 0 Å². The van der Waals surface area contributed by atoms with Gasteiger partial charge in [0.25, 0.3) is 0 Å². The van der Waals surface area contributed by atoms with Gasteiger partial charge in [0.15, 0.2) is 5.78 Å². The Kier molecular flexibility index (Phi) is 4.88. The molecule has 1 aliphatic rings. The van der Waals surface area contributed by atoms with E-state index in [1.165, 1.54) is 18.7 Å². The van der Waals surface area contributed by atoms with E-state index in [2.05, 4.69) is 0 Å². The van der Waals surface area contributed by atoms with Gasteiger partial charge in [0, 0.05) is 23.5 Å². The number of thioether (sulfide) groups is 1. The van der Waals surface area contributed by atoms with Gasteiger partial charge in [-0.1, -0.05) is 11.6 Å². The van der Waals surface area contributed by atoms with Crippen LogP contribution in [0, 0.1) is 0 Å². The van der Waals surface area contributed by atoms with E-state index in [0.29, 0.717) is 16.3 Å². The van der Waals surface area contributed by atoms with E-state index in [0.717, 1.165) is 30.8 Å². The SMILES string of the molecule is CC(=O)c1ccc(SCC(=O)N2CCCC2)cc1Cl. The normalized spacial score (nSPS) is 14.7. The molecule has 5 heteroatoms. The highest BCUT2D eigenvalue weighted by atomic mass is 35.5. The van der Waals surface area contributed by atoms with Crippen LogP contribution in [0.2, 0.25) is 5.02 Å². The number of amides is 1. The lowest BCUT2D eigenvalue weighted by Gasteiger charge is -2.14. The number of hydrogen-bond donors (Lipinski definition) is 0. The first-order valence-corrected chi connectivity index (χ1v) is 7.65. The number of rotatable bonds is 4. The van der Waals surface area contributed by atoms with Crippen molar-refractivity contribution < 1.29 is 9.59 Å². The molecule has 0 unspecified atom stereocenters. The Morgan fingerprint density at radius 3 is 2.58 bits per heavy atom. The van der Waals surface area contributed by atoms with Gasteiger partial charge in [0.05, 0.1) is 10.8 Å². The first kappa shape index (κ1) is 14.4. The largest absolute Gasteiger partial charge is 0.342 e. The number of benzene rings is 1. The smallest absolute Gasteiger partial charge is 0.232 e. The molecule has 1 amide bonds. The monoisotopic (exact) mass is 297 g/mol. The molecule has 0 N–H and O–H groups in total. The van der Waals surface area contributed by atoms with Crippen LogP contribution in [0.5, 0.6) is 0 Å². The third-order valence-electron chi connectivity index (χ3n) is 3.14. The number of likely N-dealkylation sites (tertiary alicyclic amines) is 1. The van der Waals surface area contributed by atoms with Gasteiger partial charge in [-0.05, 0) is 38.0 Å². The number of ketones is 1. The van der Waals surface area contributed by atoms with Crippen molar-refractivity contribution in [3.05, 3.63) is 28.8 Å². The minimum Gasteiger partial charge on any atom is -0.342 e. The van der Waals surface area contributed by atoms with Crippen LogP contribution in [0.4, 0.5) is 0 Å². The Bertz CT molecular complexity index is 498. The summed E-state index contributed by atoms with van der Waals surface area (Å²) in [6, 6.07) is 5.30. The average Bonchev–Trinajstić information content (AvgIpc) is 2.89. The van der Waals surface area contributed by atoms with Gasteiger partial charge < -0.3 is 4.90 Å². The molecule has 1 aliphatic heterocycles. The Morgan fingerprint density at radius 2 is 2.00 bits per heavy atom. The van der Waals surface area contributed by atoms with Crippen LogP contribution in [0.1, 0.15) is 30.1 Å². The molecule has 102 valence electrons. The van der Waals surface area contributed by atoms with Crippen LogP contribution in [-0.4, -0.2) is 35.4 Å². The summed E-state index contributed by atoms with van der Waals surface area (Å²) in [4.78, 5) is 26.0. The Hall–Kier alpha value is -1.00. The summed E-state index contributed by atoms with van der Waals surface area (Å²) in [5.74, 6) is 0.555. The first-order valence-electron chi connectivity index (χ1n) is 6.29. The maximum atomic E-state index is 11.9. The van der Waals surface area contributed by atoms with Crippen LogP contribution in [-0.2, 0) is 4.79 Å². The van der Waals surface area contributed by atoms with E-state index in [4.69, 9.17) is 11.6 Å². The van der Waals surface area contributed by atoms with E-state index in [1.807, 2.05) is 11.0 Å². The van der Waals surface area contributed by atoms with Gasteiger partial charge >= 0.3 is 0 Å². The zero-order valence-corrected chi connectivity index (χ0v) is 12.4. The van der Waals surface area contributed by atoms with Crippen molar-refractivity contribution >= 4 is 35.1 Å². The number of Topliss-reactive ketones (excluding diaryl/α,β-unsaturated/α-hetero) is 1. The molecule has 1 fully saturated rings. The summed E-state index contributed by atoms with van der Waals surface area (Å²) in [5, 5.41) is 0.450. The molecule has 1 aromatic rings. The van der Waals surface area contributed by atoms with Crippen molar-refractivity contribution in [3.63, 3.8) is 0 Å². The van der Waals surface area contributed by atoms with E-state index < -0.39 is 0 Å². The molecule has 0 radical (unpaired) electrons. The molecule has 3 nitrogen and oxygen atoms in total. The summed E-state index contributed by atoms with van der Waals surface area (Å²) >= 11 is 7.50. The summed E-state index contributed by atoms with van der Waals surface area (Å²) in [7, 11) is 0. The average molecular weight is 298 g/mol. The zero-order chi connectivity index (χ0) is 13.8. The molecule has 19 heavy (non-hydrogen) atoms. The molecular weight excluding hydrogens is 282 g/mol. The van der Waals surface area contributed by atoms with Gasteiger partial charge in [0.1, 0.15) is 0 Å². The Balaban J connectivity index is 1.94. The maximum Gasteiger partial charge on any atom is 0.232 e. The molecule has 1 aromatic carbocycles. The summed E-state index contributed by atoms with van der Waals surface area (Å²) in [6.45, 7) is 3.25. The third kappa shape index (κ3) is 3.74. The van der Waals surface area contributed by atoms with E-state index in [1.54, 1.807) is 12.1 Å². The Morgan fingerprint density at radius 1 is 1.32 bits per heavy atom. The molecule has 0 spiro atoms. The lowest BCUT2D eigenvalue weighted by Crippen LogP contribution is -2.29. The molecule has 0 bridgehead atoms. The van der Waals surface area contributed by atoms with Crippen molar-refractivity contribution in [2.45, 2.75) is 24.7 Å². The molecule has 0 aliphatic carbocycles. The second-order valence-electron chi connectivity index (χ2n) is 4.57. The molecule has 2 rings (SSSR count). The van der Waals surface area contributed by atoms with E-state index in [-0.39, 0.29) is 11.7 Å². The van der Waals surface area contributed by atoms with Crippen LogP contribution >= 0.6 is 23.4 Å². The highest BCUT2D eigenvalue weighted by Gasteiger charge is 2.17. The molecule has 0 atom stereocenters. The highest BCUT2D eigenvalue weighted by molar-refractivity contribution is 8.00. The summed E-state index contributed by atoms with van der Waals surface area (Å²) in [5.41, 5.74) is 0.525. The van der Waals surface area contributed by atoms with Crippen LogP contribution < -0.4 is 0 Å². The van der Waals surface area contributed by atoms with Gasteiger partial charge in [0.2, 0.25) is 5.91 Å². The topological polar surface area (TPSA) is 37.4 Å². The number of halogens is 1.